The van der Waals surface area contributed by atoms with Crippen molar-refractivity contribution in [1.82, 2.24) is 14.8 Å². The molecule has 0 fully saturated rings. The lowest BCUT2D eigenvalue weighted by molar-refractivity contribution is -0.137. The van der Waals surface area contributed by atoms with Crippen molar-refractivity contribution in [3.63, 3.8) is 0 Å². The number of anilines is 1. The van der Waals surface area contributed by atoms with Crippen LogP contribution in [0.1, 0.15) is 32.8 Å². The normalized spacial score (nSPS) is 11.6. The van der Waals surface area contributed by atoms with Gasteiger partial charge in [-0.1, -0.05) is 25.1 Å². The lowest BCUT2D eigenvalue weighted by atomic mass is 10.1. The van der Waals surface area contributed by atoms with Crippen LogP contribution in [0.15, 0.2) is 48.5 Å². The number of carbonyl (C=O) groups excluding carboxylic acids is 1. The van der Waals surface area contributed by atoms with Gasteiger partial charge in [-0.2, -0.15) is 18.2 Å². The summed E-state index contributed by atoms with van der Waals surface area (Å²) in [5.41, 5.74) is 0.502. The van der Waals surface area contributed by atoms with Gasteiger partial charge in [0.2, 0.25) is 5.91 Å². The van der Waals surface area contributed by atoms with E-state index in [0.29, 0.717) is 17.8 Å². The van der Waals surface area contributed by atoms with E-state index in [-0.39, 0.29) is 29.4 Å². The van der Waals surface area contributed by atoms with E-state index in [1.165, 1.54) is 16.8 Å². The summed E-state index contributed by atoms with van der Waals surface area (Å²) in [6.45, 7) is 5.33. The highest BCUT2D eigenvalue weighted by atomic mass is 19.4. The molecule has 0 aliphatic heterocycles. The number of halogens is 3. The van der Waals surface area contributed by atoms with E-state index in [2.05, 4.69) is 15.4 Å². The van der Waals surface area contributed by atoms with Crippen LogP contribution < -0.4 is 10.1 Å². The zero-order valence-electron chi connectivity index (χ0n) is 16.7. The molecular weight excluding hydrogens is 397 g/mol. The van der Waals surface area contributed by atoms with E-state index < -0.39 is 11.7 Å². The van der Waals surface area contributed by atoms with Gasteiger partial charge in [0.15, 0.2) is 5.82 Å². The van der Waals surface area contributed by atoms with Crippen LogP contribution in [-0.2, 0) is 11.0 Å². The molecule has 30 heavy (non-hydrogen) atoms. The average molecular weight is 418 g/mol. The van der Waals surface area contributed by atoms with Gasteiger partial charge in [-0.3, -0.25) is 4.79 Å². The predicted molar refractivity (Wildman–Crippen MR) is 106 cm³/mol. The van der Waals surface area contributed by atoms with E-state index in [1.54, 1.807) is 45.0 Å². The molecule has 1 amide bonds. The Morgan fingerprint density at radius 1 is 1.17 bits per heavy atom. The van der Waals surface area contributed by atoms with Crippen LogP contribution >= 0.6 is 0 Å². The SMILES string of the molecule is CCC(=O)Nc1cccc(-n2nc(OC(C)C)nc2-c2cccc(C(F)(F)F)c2)c1. The van der Waals surface area contributed by atoms with Gasteiger partial charge in [0.05, 0.1) is 17.4 Å². The van der Waals surface area contributed by atoms with Crippen molar-refractivity contribution < 1.29 is 22.7 Å². The Morgan fingerprint density at radius 2 is 1.90 bits per heavy atom. The Labute approximate surface area is 171 Å². The molecule has 1 aromatic heterocycles. The molecule has 9 heteroatoms. The monoisotopic (exact) mass is 418 g/mol. The first-order valence-corrected chi connectivity index (χ1v) is 9.39. The summed E-state index contributed by atoms with van der Waals surface area (Å²) in [4.78, 5) is 16.0. The Balaban J connectivity index is 2.10. The summed E-state index contributed by atoms with van der Waals surface area (Å²) in [5, 5.41) is 7.07. The summed E-state index contributed by atoms with van der Waals surface area (Å²) in [7, 11) is 0. The number of ether oxygens (including phenoxy) is 1. The summed E-state index contributed by atoms with van der Waals surface area (Å²) in [5.74, 6) is 0.0309. The zero-order chi connectivity index (χ0) is 21.9. The fourth-order valence-corrected chi connectivity index (χ4v) is 2.72. The second kappa shape index (κ2) is 8.56. The molecule has 0 radical (unpaired) electrons. The van der Waals surface area contributed by atoms with Gasteiger partial charge in [-0.25, -0.2) is 4.68 Å². The Kier molecular flexibility index (Phi) is 6.09. The molecule has 0 saturated carbocycles. The van der Waals surface area contributed by atoms with Crippen LogP contribution in [0.3, 0.4) is 0 Å². The minimum atomic E-state index is -4.48. The highest BCUT2D eigenvalue weighted by Gasteiger charge is 2.31. The maximum atomic E-state index is 13.2. The van der Waals surface area contributed by atoms with Crippen molar-refractivity contribution in [2.24, 2.45) is 0 Å². The maximum absolute atomic E-state index is 13.2. The van der Waals surface area contributed by atoms with Crippen LogP contribution in [-0.4, -0.2) is 26.8 Å². The Hall–Kier alpha value is -3.36. The molecule has 1 N–H and O–H groups in total. The molecule has 0 aliphatic carbocycles. The largest absolute Gasteiger partial charge is 0.460 e. The van der Waals surface area contributed by atoms with Crippen LogP contribution in [0, 0.1) is 0 Å². The van der Waals surface area contributed by atoms with Crippen molar-refractivity contribution >= 4 is 11.6 Å². The third-order valence-electron chi connectivity index (χ3n) is 4.07. The molecule has 3 rings (SSSR count). The van der Waals surface area contributed by atoms with Crippen LogP contribution in [0.25, 0.3) is 17.1 Å². The standard InChI is InChI=1S/C21H21F3N4O2/c1-4-18(29)25-16-9-6-10-17(12-16)28-19(26-20(27-28)30-13(2)3)14-7-5-8-15(11-14)21(22,23)24/h5-13H,4H2,1-3H3,(H,25,29). The molecule has 0 saturated heterocycles. The molecule has 1 heterocycles. The minimum absolute atomic E-state index is 0.0420. The van der Waals surface area contributed by atoms with Gasteiger partial charge in [0.25, 0.3) is 0 Å². The molecule has 2 aromatic carbocycles. The Bertz CT molecular complexity index is 1040. The molecule has 6 nitrogen and oxygen atoms in total. The number of nitrogens with zero attached hydrogens (tertiary/aromatic N) is 3. The van der Waals surface area contributed by atoms with Crippen LogP contribution in [0.2, 0.25) is 0 Å². The predicted octanol–water partition coefficient (Wildman–Crippen LogP) is 5.09. The highest BCUT2D eigenvalue weighted by Crippen LogP contribution is 2.33. The van der Waals surface area contributed by atoms with E-state index in [1.807, 2.05) is 0 Å². The zero-order valence-corrected chi connectivity index (χ0v) is 16.7. The van der Waals surface area contributed by atoms with Gasteiger partial charge < -0.3 is 10.1 Å². The van der Waals surface area contributed by atoms with Crippen molar-refractivity contribution in [3.05, 3.63) is 54.1 Å². The van der Waals surface area contributed by atoms with E-state index in [0.717, 1.165) is 12.1 Å². The first-order valence-electron chi connectivity index (χ1n) is 9.39. The molecule has 0 atom stereocenters. The first kappa shape index (κ1) is 21.4. The lowest BCUT2D eigenvalue weighted by Crippen LogP contribution is -2.10. The number of alkyl halides is 3. The number of nitrogens with one attached hydrogen (secondary N) is 1. The fourth-order valence-electron chi connectivity index (χ4n) is 2.72. The number of hydrogen-bond acceptors (Lipinski definition) is 4. The van der Waals surface area contributed by atoms with Crippen LogP contribution in [0.4, 0.5) is 18.9 Å². The summed E-state index contributed by atoms with van der Waals surface area (Å²) >= 11 is 0. The number of amides is 1. The molecule has 0 aliphatic rings. The van der Waals surface area contributed by atoms with Crippen molar-refractivity contribution in [1.29, 1.82) is 0 Å². The van der Waals surface area contributed by atoms with E-state index >= 15 is 0 Å². The smallest absolute Gasteiger partial charge is 0.416 e. The third-order valence-corrected chi connectivity index (χ3v) is 4.07. The quantitative estimate of drug-likeness (QED) is 0.606. The first-order chi connectivity index (χ1) is 14.2. The number of aromatic nitrogens is 3. The second-order valence-corrected chi connectivity index (χ2v) is 6.83. The number of benzene rings is 2. The lowest BCUT2D eigenvalue weighted by Gasteiger charge is -2.10. The number of carbonyl (C=O) groups is 1. The molecule has 3 aromatic rings. The van der Waals surface area contributed by atoms with E-state index in [4.69, 9.17) is 4.74 Å². The Morgan fingerprint density at radius 3 is 2.57 bits per heavy atom. The molecule has 0 bridgehead atoms. The van der Waals surface area contributed by atoms with Gasteiger partial charge >= 0.3 is 12.2 Å². The molecule has 158 valence electrons. The number of rotatable bonds is 6. The molecule has 0 unspecified atom stereocenters. The highest BCUT2D eigenvalue weighted by molar-refractivity contribution is 5.90. The summed E-state index contributed by atoms with van der Waals surface area (Å²) in [6, 6.07) is 11.7. The topological polar surface area (TPSA) is 69.0 Å². The number of hydrogen-bond donors (Lipinski definition) is 1. The molecular formula is C21H21F3N4O2. The fraction of sp³-hybridized carbons (Fsp3) is 0.286. The molecule has 0 spiro atoms. The minimum Gasteiger partial charge on any atom is -0.460 e. The van der Waals surface area contributed by atoms with E-state index in [9.17, 15) is 18.0 Å². The van der Waals surface area contributed by atoms with Crippen molar-refractivity contribution in [2.45, 2.75) is 39.5 Å². The van der Waals surface area contributed by atoms with Gasteiger partial charge in [0, 0.05) is 17.7 Å². The average Bonchev–Trinajstić information content (AvgIpc) is 3.10. The van der Waals surface area contributed by atoms with Gasteiger partial charge in [-0.05, 0) is 44.2 Å². The summed E-state index contributed by atoms with van der Waals surface area (Å²) in [6.07, 6.45) is -4.39. The maximum Gasteiger partial charge on any atom is 0.416 e. The van der Waals surface area contributed by atoms with Crippen LogP contribution in [0.5, 0.6) is 6.01 Å². The summed E-state index contributed by atoms with van der Waals surface area (Å²) < 4.78 is 46.5. The van der Waals surface area contributed by atoms with Crippen molar-refractivity contribution in [2.75, 3.05) is 5.32 Å². The second-order valence-electron chi connectivity index (χ2n) is 6.83. The van der Waals surface area contributed by atoms with Crippen molar-refractivity contribution in [3.8, 4) is 23.1 Å². The van der Waals surface area contributed by atoms with Gasteiger partial charge in [0.1, 0.15) is 0 Å². The third kappa shape index (κ3) is 4.97. The van der Waals surface area contributed by atoms with Gasteiger partial charge in [-0.15, -0.1) is 5.10 Å².